The van der Waals surface area contributed by atoms with E-state index in [1.165, 1.54) is 0 Å². The first-order valence-corrected chi connectivity index (χ1v) is 12.4. The van der Waals surface area contributed by atoms with E-state index >= 15 is 0 Å². The molecule has 0 radical (unpaired) electrons. The Bertz CT molecular complexity index is 1470. The lowest BCUT2D eigenvalue weighted by atomic mass is 10.1. The molecule has 4 aromatic rings. The van der Waals surface area contributed by atoms with Crippen molar-refractivity contribution < 1.29 is 13.2 Å². The molecule has 7 heteroatoms. The Morgan fingerprint density at radius 3 is 2.53 bits per heavy atom. The molecule has 0 spiro atoms. The van der Waals surface area contributed by atoms with Crippen LogP contribution in [-0.2, 0) is 27.8 Å². The fourth-order valence-corrected chi connectivity index (χ4v) is 5.77. The van der Waals surface area contributed by atoms with E-state index in [0.29, 0.717) is 25.1 Å². The van der Waals surface area contributed by atoms with Crippen LogP contribution in [0.5, 0.6) is 0 Å². The van der Waals surface area contributed by atoms with Crippen molar-refractivity contribution in [2.75, 3.05) is 16.2 Å². The molecule has 164 valence electrons. The van der Waals surface area contributed by atoms with Gasteiger partial charge in [0.1, 0.15) is 0 Å². The second-order valence-corrected chi connectivity index (χ2v) is 9.72. The Morgan fingerprint density at radius 2 is 1.75 bits per heavy atom. The number of hydrogen-bond acceptors (Lipinski definition) is 3. The molecule has 1 aliphatic heterocycles. The number of benzene rings is 3. The number of rotatable bonds is 5. The van der Waals surface area contributed by atoms with Gasteiger partial charge in [-0.05, 0) is 61.4 Å². The van der Waals surface area contributed by atoms with Gasteiger partial charge in [-0.15, -0.1) is 0 Å². The van der Waals surface area contributed by atoms with Crippen LogP contribution >= 0.6 is 0 Å². The number of nitrogens with zero attached hydrogens (tertiary/aromatic N) is 2. The Balaban J connectivity index is 1.50. The summed E-state index contributed by atoms with van der Waals surface area (Å²) in [5.41, 5.74) is 4.44. The van der Waals surface area contributed by atoms with E-state index in [-0.39, 0.29) is 10.8 Å². The lowest BCUT2D eigenvalue weighted by Crippen LogP contribution is -2.27. The zero-order valence-corrected chi connectivity index (χ0v) is 18.9. The van der Waals surface area contributed by atoms with Gasteiger partial charge in [0, 0.05) is 52.7 Å². The summed E-state index contributed by atoms with van der Waals surface area (Å²) < 4.78 is 31.2. The third-order valence-electron chi connectivity index (χ3n) is 6.20. The van der Waals surface area contributed by atoms with Crippen LogP contribution < -0.4 is 9.62 Å². The molecule has 1 aliphatic rings. The number of carbonyl (C=O) groups excluding carboxylic acids is 1. The van der Waals surface area contributed by atoms with Crippen LogP contribution in [-0.4, -0.2) is 25.4 Å². The first kappa shape index (κ1) is 20.6. The molecule has 0 saturated carbocycles. The van der Waals surface area contributed by atoms with E-state index in [0.717, 1.165) is 39.6 Å². The van der Waals surface area contributed by atoms with E-state index in [4.69, 9.17) is 0 Å². The Hall–Kier alpha value is -3.32. The van der Waals surface area contributed by atoms with Crippen molar-refractivity contribution >= 4 is 49.1 Å². The number of nitrogens with one attached hydrogen (secondary N) is 1. The molecule has 1 amide bonds. The van der Waals surface area contributed by atoms with E-state index in [9.17, 15) is 13.2 Å². The number of aromatic nitrogens is 1. The lowest BCUT2D eigenvalue weighted by molar-refractivity contribution is -0.118. The number of anilines is 2. The maximum absolute atomic E-state index is 13.1. The number of fused-ring (bicyclic) bond motifs is 4. The van der Waals surface area contributed by atoms with Crippen LogP contribution in [0.15, 0.2) is 65.6 Å². The zero-order valence-electron chi connectivity index (χ0n) is 18.1. The quantitative estimate of drug-likeness (QED) is 0.472. The molecule has 0 bridgehead atoms. The van der Waals surface area contributed by atoms with Gasteiger partial charge in [-0.25, -0.2) is 8.42 Å². The summed E-state index contributed by atoms with van der Waals surface area (Å²) in [5.74, 6) is 0.0528. The van der Waals surface area contributed by atoms with Crippen LogP contribution in [0.25, 0.3) is 21.8 Å². The van der Waals surface area contributed by atoms with Crippen molar-refractivity contribution in [3.8, 4) is 0 Å². The third kappa shape index (κ3) is 3.24. The van der Waals surface area contributed by atoms with E-state index < -0.39 is 10.0 Å². The Kier molecular flexibility index (Phi) is 4.93. The van der Waals surface area contributed by atoms with Gasteiger partial charge in [0.25, 0.3) is 10.0 Å². The van der Waals surface area contributed by atoms with Crippen LogP contribution in [0, 0.1) is 0 Å². The Morgan fingerprint density at radius 1 is 0.969 bits per heavy atom. The molecule has 1 aromatic heterocycles. The molecule has 0 atom stereocenters. The van der Waals surface area contributed by atoms with Gasteiger partial charge < -0.3 is 9.47 Å². The van der Waals surface area contributed by atoms with E-state index in [2.05, 4.69) is 28.3 Å². The highest BCUT2D eigenvalue weighted by Crippen LogP contribution is 2.33. The topological polar surface area (TPSA) is 71.4 Å². The van der Waals surface area contributed by atoms with E-state index in [1.54, 1.807) is 29.2 Å². The van der Waals surface area contributed by atoms with Crippen molar-refractivity contribution in [2.24, 2.45) is 0 Å². The van der Waals surface area contributed by atoms with Crippen LogP contribution in [0.3, 0.4) is 0 Å². The highest BCUT2D eigenvalue weighted by atomic mass is 32.2. The fraction of sp³-hybridized carbons (Fsp3) is 0.240. The smallest absolute Gasteiger partial charge is 0.261 e. The van der Waals surface area contributed by atoms with Gasteiger partial charge in [0.15, 0.2) is 0 Å². The number of amides is 1. The second kappa shape index (κ2) is 7.67. The molecule has 3 aromatic carbocycles. The van der Waals surface area contributed by atoms with Gasteiger partial charge in [0.2, 0.25) is 5.91 Å². The standard InChI is InChI=1S/C25H25N3O3S/c1-3-25(29)28-14-13-17-15-19(10-12-22(17)28)32(30,31)26-18-9-11-24-21(16-18)20-7-5-6-8-23(20)27(24)4-2/h5-12,15-16,26H,3-4,13-14H2,1-2H3. The van der Waals surface area contributed by atoms with Gasteiger partial charge in [-0.1, -0.05) is 25.1 Å². The lowest BCUT2D eigenvalue weighted by Gasteiger charge is -2.16. The molecule has 32 heavy (non-hydrogen) atoms. The average Bonchev–Trinajstić information content (AvgIpc) is 3.36. The first-order valence-electron chi connectivity index (χ1n) is 10.9. The maximum atomic E-state index is 13.1. The predicted octanol–water partition coefficient (Wildman–Crippen LogP) is 4.91. The molecule has 2 heterocycles. The van der Waals surface area contributed by atoms with Crippen molar-refractivity contribution in [1.82, 2.24) is 4.57 Å². The first-order chi connectivity index (χ1) is 15.4. The number of carbonyl (C=O) groups is 1. The number of sulfonamides is 1. The summed E-state index contributed by atoms with van der Waals surface area (Å²) >= 11 is 0. The summed E-state index contributed by atoms with van der Waals surface area (Å²) in [4.78, 5) is 14.1. The van der Waals surface area contributed by atoms with Gasteiger partial charge in [-0.3, -0.25) is 9.52 Å². The summed E-state index contributed by atoms with van der Waals surface area (Å²) in [6, 6.07) is 18.8. The Labute approximate surface area is 187 Å². The summed E-state index contributed by atoms with van der Waals surface area (Å²) in [6.07, 6.45) is 1.09. The molecule has 0 unspecified atom stereocenters. The molecule has 1 N–H and O–H groups in total. The van der Waals surface area contributed by atoms with Crippen LogP contribution in [0.4, 0.5) is 11.4 Å². The minimum Gasteiger partial charge on any atom is -0.341 e. The highest BCUT2D eigenvalue weighted by Gasteiger charge is 2.26. The normalized spacial score (nSPS) is 13.6. The molecular weight excluding hydrogens is 422 g/mol. The maximum Gasteiger partial charge on any atom is 0.261 e. The van der Waals surface area contributed by atoms with E-state index in [1.807, 2.05) is 31.2 Å². The van der Waals surface area contributed by atoms with Gasteiger partial charge in [0.05, 0.1) is 4.90 Å². The van der Waals surface area contributed by atoms with Gasteiger partial charge in [-0.2, -0.15) is 0 Å². The SMILES string of the molecule is CCC(=O)N1CCc2cc(S(=O)(=O)Nc3ccc4c(c3)c3ccccc3n4CC)ccc21. The van der Waals surface area contributed by atoms with Crippen molar-refractivity contribution in [2.45, 2.75) is 38.1 Å². The summed E-state index contributed by atoms with van der Waals surface area (Å²) in [7, 11) is -3.76. The minimum atomic E-state index is -3.76. The van der Waals surface area contributed by atoms with Crippen molar-refractivity contribution in [3.05, 3.63) is 66.2 Å². The molecule has 0 fully saturated rings. The molecular formula is C25H25N3O3S. The number of aryl methyl sites for hydroxylation is 1. The fourth-order valence-electron chi connectivity index (χ4n) is 4.67. The average molecular weight is 448 g/mol. The summed E-state index contributed by atoms with van der Waals surface area (Å²) in [5, 5.41) is 2.12. The largest absolute Gasteiger partial charge is 0.341 e. The monoisotopic (exact) mass is 447 g/mol. The van der Waals surface area contributed by atoms with Gasteiger partial charge >= 0.3 is 0 Å². The molecule has 0 aliphatic carbocycles. The molecule has 0 saturated heterocycles. The second-order valence-electron chi connectivity index (χ2n) is 8.04. The highest BCUT2D eigenvalue weighted by molar-refractivity contribution is 7.92. The van der Waals surface area contributed by atoms with Crippen molar-refractivity contribution in [3.63, 3.8) is 0 Å². The predicted molar refractivity (Wildman–Crippen MR) is 129 cm³/mol. The number of hydrogen-bond donors (Lipinski definition) is 1. The zero-order chi connectivity index (χ0) is 22.5. The van der Waals surface area contributed by atoms with Crippen LogP contribution in [0.2, 0.25) is 0 Å². The minimum absolute atomic E-state index is 0.0528. The molecule has 5 rings (SSSR count). The van der Waals surface area contributed by atoms with Crippen molar-refractivity contribution in [1.29, 1.82) is 0 Å². The number of para-hydroxylation sites is 1. The van der Waals surface area contributed by atoms with Crippen LogP contribution in [0.1, 0.15) is 25.8 Å². The third-order valence-corrected chi connectivity index (χ3v) is 7.58. The molecule has 6 nitrogen and oxygen atoms in total. The summed E-state index contributed by atoms with van der Waals surface area (Å²) in [6.45, 7) is 5.36.